The van der Waals surface area contributed by atoms with Crippen molar-refractivity contribution < 1.29 is 49.6 Å². The average molecular weight is 306 g/mol. The molecular formula is C6H6F7O4P-2. The van der Waals surface area contributed by atoms with Gasteiger partial charge in [0.2, 0.25) is 0 Å². The maximum Gasteiger partial charge on any atom is 0.459 e. The minimum Gasteiger partial charge on any atom is -0.790 e. The summed E-state index contributed by atoms with van der Waals surface area (Å²) in [5.74, 6) is -12.0. The number of phosphoric ester groups is 1. The van der Waals surface area contributed by atoms with Crippen LogP contribution in [0.5, 0.6) is 0 Å². The van der Waals surface area contributed by atoms with Gasteiger partial charge in [0.1, 0.15) is 0 Å². The fourth-order valence-corrected chi connectivity index (χ4v) is 1.47. The van der Waals surface area contributed by atoms with Crippen molar-refractivity contribution in [1.82, 2.24) is 0 Å². The molecule has 0 aliphatic rings. The summed E-state index contributed by atoms with van der Waals surface area (Å²) in [7, 11) is -5.76. The third-order valence-electron chi connectivity index (χ3n) is 1.67. The normalized spacial score (nSPS) is 16.8. The molecule has 0 spiro atoms. The Morgan fingerprint density at radius 2 is 1.50 bits per heavy atom. The predicted octanol–water partition coefficient (Wildman–Crippen LogP) is 1.44. The molecule has 0 aromatic heterocycles. The van der Waals surface area contributed by atoms with Crippen molar-refractivity contribution in [2.24, 2.45) is 0 Å². The molecular weight excluding hydrogens is 300 g/mol. The first kappa shape index (κ1) is 17.6. The van der Waals surface area contributed by atoms with Gasteiger partial charge < -0.3 is 18.9 Å². The quantitative estimate of drug-likeness (QED) is 0.569. The van der Waals surface area contributed by atoms with E-state index in [2.05, 4.69) is 4.52 Å². The highest BCUT2D eigenvalue weighted by molar-refractivity contribution is 7.43. The van der Waals surface area contributed by atoms with E-state index >= 15 is 0 Å². The van der Waals surface area contributed by atoms with E-state index in [1.165, 1.54) is 0 Å². The van der Waals surface area contributed by atoms with Crippen LogP contribution in [0.1, 0.15) is 13.3 Å². The molecule has 0 amide bonds. The van der Waals surface area contributed by atoms with Crippen LogP contribution in [0.15, 0.2) is 0 Å². The van der Waals surface area contributed by atoms with E-state index in [1.54, 1.807) is 0 Å². The fourth-order valence-electron chi connectivity index (χ4n) is 0.954. The molecule has 0 heterocycles. The van der Waals surface area contributed by atoms with Crippen molar-refractivity contribution in [2.75, 3.05) is 0 Å². The number of phosphoric acid groups is 1. The highest BCUT2D eigenvalue weighted by Gasteiger charge is 2.72. The summed E-state index contributed by atoms with van der Waals surface area (Å²) >= 11 is 0. The van der Waals surface area contributed by atoms with Crippen molar-refractivity contribution in [3.8, 4) is 0 Å². The van der Waals surface area contributed by atoms with Gasteiger partial charge in [0.15, 0.2) is 0 Å². The Morgan fingerprint density at radius 1 is 1.11 bits per heavy atom. The maximum atomic E-state index is 12.7. The van der Waals surface area contributed by atoms with E-state index < -0.39 is 38.4 Å². The zero-order chi connectivity index (χ0) is 15.0. The second-order valence-corrected chi connectivity index (χ2v) is 4.45. The summed E-state index contributed by atoms with van der Waals surface area (Å²) < 4.78 is 98.4. The molecule has 0 aliphatic heterocycles. The molecule has 110 valence electrons. The third-order valence-corrected chi connectivity index (χ3v) is 2.29. The molecule has 18 heavy (non-hydrogen) atoms. The zero-order valence-electron chi connectivity index (χ0n) is 8.51. The summed E-state index contributed by atoms with van der Waals surface area (Å²) in [6.45, 7) is 0.447. The van der Waals surface area contributed by atoms with Gasteiger partial charge in [-0.1, -0.05) is 0 Å². The summed E-state index contributed by atoms with van der Waals surface area (Å²) in [5.41, 5.74) is 0. The molecule has 12 heteroatoms. The summed E-state index contributed by atoms with van der Waals surface area (Å²) in [5, 5.41) is 0. The summed E-state index contributed by atoms with van der Waals surface area (Å²) in [4.78, 5) is 19.9. The lowest BCUT2D eigenvalue weighted by molar-refractivity contribution is -0.362. The molecule has 0 aromatic carbocycles. The molecule has 0 bridgehead atoms. The molecule has 0 saturated heterocycles. The first-order valence-electron chi connectivity index (χ1n) is 4.13. The average Bonchev–Trinajstić information content (AvgIpc) is 1.95. The molecule has 0 rings (SSSR count). The lowest BCUT2D eigenvalue weighted by atomic mass is 10.1. The van der Waals surface area contributed by atoms with Gasteiger partial charge in [0.05, 0.1) is 13.9 Å². The molecule has 0 aliphatic carbocycles. The van der Waals surface area contributed by atoms with Crippen LogP contribution in [0.3, 0.4) is 0 Å². The van der Waals surface area contributed by atoms with Crippen LogP contribution in [0, 0.1) is 0 Å². The smallest absolute Gasteiger partial charge is 0.459 e. The number of hydrogen-bond donors (Lipinski definition) is 0. The highest BCUT2D eigenvalue weighted by atomic mass is 31.2. The summed E-state index contributed by atoms with van der Waals surface area (Å²) in [6, 6.07) is 0. The van der Waals surface area contributed by atoms with E-state index in [1.807, 2.05) is 0 Å². The standard InChI is InChI=1S/C6H8F7O4P/c1-3(17-18(14,15)16)2-4(7,8)5(9,10)6(11,12)13/h3H,2H2,1H3,(H2,14,15,16)/p-2. The third kappa shape index (κ3) is 4.38. The van der Waals surface area contributed by atoms with E-state index in [-0.39, 0.29) is 0 Å². The van der Waals surface area contributed by atoms with E-state index in [4.69, 9.17) is 0 Å². The van der Waals surface area contributed by atoms with Crippen LogP contribution in [0.2, 0.25) is 0 Å². The SMILES string of the molecule is CC(CC(F)(F)C(F)(F)C(F)(F)F)OP(=O)([O-])[O-]. The van der Waals surface area contributed by atoms with Crippen molar-refractivity contribution in [1.29, 1.82) is 0 Å². The van der Waals surface area contributed by atoms with Gasteiger partial charge >= 0.3 is 18.0 Å². The van der Waals surface area contributed by atoms with E-state index in [9.17, 15) is 45.1 Å². The molecule has 0 fully saturated rings. The van der Waals surface area contributed by atoms with Gasteiger partial charge in [-0.2, -0.15) is 30.7 Å². The van der Waals surface area contributed by atoms with E-state index in [0.29, 0.717) is 6.92 Å². The lowest BCUT2D eigenvalue weighted by Gasteiger charge is -2.35. The van der Waals surface area contributed by atoms with Crippen LogP contribution >= 0.6 is 7.82 Å². The Morgan fingerprint density at radius 3 is 1.78 bits per heavy atom. The Bertz CT molecular complexity index is 335. The Hall–Kier alpha value is -0.380. The topological polar surface area (TPSA) is 72.4 Å². The van der Waals surface area contributed by atoms with Crippen molar-refractivity contribution in [3.05, 3.63) is 0 Å². The second kappa shape index (κ2) is 4.95. The largest absolute Gasteiger partial charge is 0.790 e. The fraction of sp³-hybridized carbons (Fsp3) is 1.00. The molecule has 0 radical (unpaired) electrons. The molecule has 4 nitrogen and oxygen atoms in total. The van der Waals surface area contributed by atoms with E-state index in [0.717, 1.165) is 0 Å². The molecule has 0 N–H and O–H groups in total. The number of rotatable bonds is 5. The van der Waals surface area contributed by atoms with Crippen LogP contribution in [-0.4, -0.2) is 24.1 Å². The van der Waals surface area contributed by atoms with Gasteiger partial charge in [-0.3, -0.25) is 0 Å². The van der Waals surface area contributed by atoms with Crippen LogP contribution in [0.25, 0.3) is 0 Å². The minimum atomic E-state index is -6.52. The van der Waals surface area contributed by atoms with Crippen LogP contribution in [0.4, 0.5) is 30.7 Å². The lowest BCUT2D eigenvalue weighted by Crippen LogP contribution is -2.53. The number of halogens is 7. The summed E-state index contributed by atoms with van der Waals surface area (Å²) in [6.07, 6.45) is -11.1. The van der Waals surface area contributed by atoms with Crippen LogP contribution < -0.4 is 9.79 Å². The predicted molar refractivity (Wildman–Crippen MR) is 38.7 cm³/mol. The monoisotopic (exact) mass is 306 g/mol. The zero-order valence-corrected chi connectivity index (χ0v) is 9.40. The van der Waals surface area contributed by atoms with Gasteiger partial charge in [-0.25, -0.2) is 0 Å². The van der Waals surface area contributed by atoms with Crippen LogP contribution in [-0.2, 0) is 9.09 Å². The molecule has 0 aromatic rings. The number of hydrogen-bond acceptors (Lipinski definition) is 4. The van der Waals surface area contributed by atoms with Crippen molar-refractivity contribution >= 4 is 7.82 Å². The Labute approximate surface area is 96.0 Å². The maximum absolute atomic E-state index is 12.7. The van der Waals surface area contributed by atoms with Crippen molar-refractivity contribution in [3.63, 3.8) is 0 Å². The van der Waals surface area contributed by atoms with Crippen molar-refractivity contribution in [2.45, 2.75) is 37.5 Å². The molecule has 1 unspecified atom stereocenters. The first-order chi connectivity index (χ1) is 7.60. The number of alkyl halides is 7. The highest BCUT2D eigenvalue weighted by Crippen LogP contribution is 2.49. The molecule has 0 saturated carbocycles. The molecule has 1 atom stereocenters. The Kier molecular flexibility index (Phi) is 4.85. The second-order valence-electron chi connectivity index (χ2n) is 3.34. The first-order valence-corrected chi connectivity index (χ1v) is 5.59. The van der Waals surface area contributed by atoms with Gasteiger partial charge in [-0.15, -0.1) is 0 Å². The van der Waals surface area contributed by atoms with Gasteiger partial charge in [-0.05, 0) is 6.92 Å². The minimum absolute atomic E-state index is 0.447. The van der Waals surface area contributed by atoms with Gasteiger partial charge in [0.25, 0.3) is 0 Å². The van der Waals surface area contributed by atoms with Gasteiger partial charge in [0, 0.05) is 6.42 Å². The Balaban J connectivity index is 4.91.